The number of aryl methyl sites for hydroxylation is 2. The van der Waals surface area contributed by atoms with Crippen molar-refractivity contribution in [3.05, 3.63) is 53.6 Å². The molecule has 0 saturated heterocycles. The monoisotopic (exact) mass is 527 g/mol. The number of hydrogen-bond donors (Lipinski definition) is 3. The van der Waals surface area contributed by atoms with Gasteiger partial charge in [0.25, 0.3) is 0 Å². The van der Waals surface area contributed by atoms with Crippen LogP contribution in [-0.4, -0.2) is 40.3 Å². The fourth-order valence-electron chi connectivity index (χ4n) is 3.08. The highest BCUT2D eigenvalue weighted by atomic mass is 127. The first-order chi connectivity index (χ1) is 13.8. The molecule has 168 valence electrons. The third kappa shape index (κ3) is 8.63. The maximum absolute atomic E-state index is 10.5. The number of aliphatic hydroxyl groups excluding tert-OH is 1. The van der Waals surface area contributed by atoms with Crippen molar-refractivity contribution < 1.29 is 5.11 Å². The Morgan fingerprint density at radius 2 is 1.87 bits per heavy atom. The van der Waals surface area contributed by atoms with Crippen LogP contribution in [0.3, 0.4) is 0 Å². The van der Waals surface area contributed by atoms with E-state index in [4.69, 9.17) is 0 Å². The third-order valence-electron chi connectivity index (χ3n) is 4.97. The minimum atomic E-state index is -0.608. The summed E-state index contributed by atoms with van der Waals surface area (Å²) < 4.78 is 2.17. The number of halogens is 1. The van der Waals surface area contributed by atoms with E-state index < -0.39 is 6.10 Å². The summed E-state index contributed by atoms with van der Waals surface area (Å²) in [5, 5.41) is 17.1. The average molecular weight is 527 g/mol. The summed E-state index contributed by atoms with van der Waals surface area (Å²) in [6, 6.07) is 8.18. The number of guanidine groups is 1. The smallest absolute Gasteiger partial charge is 0.191 e. The van der Waals surface area contributed by atoms with E-state index in [9.17, 15) is 5.11 Å². The van der Waals surface area contributed by atoms with Gasteiger partial charge >= 0.3 is 0 Å². The Morgan fingerprint density at radius 1 is 1.17 bits per heavy atom. The molecule has 1 aromatic heterocycles. The van der Waals surface area contributed by atoms with Crippen molar-refractivity contribution in [1.29, 1.82) is 0 Å². The van der Waals surface area contributed by atoms with E-state index in [2.05, 4.69) is 58.1 Å². The molecular formula is C23H38IN5O. The highest BCUT2D eigenvalue weighted by Gasteiger charge is 2.14. The molecule has 1 aromatic carbocycles. The molecule has 0 bridgehead atoms. The van der Waals surface area contributed by atoms with E-state index >= 15 is 0 Å². The number of nitrogens with zero attached hydrogens (tertiary/aromatic N) is 3. The fourth-order valence-corrected chi connectivity index (χ4v) is 3.08. The molecule has 1 atom stereocenters. The van der Waals surface area contributed by atoms with Crippen molar-refractivity contribution >= 4 is 29.9 Å². The molecule has 0 radical (unpaired) electrons. The summed E-state index contributed by atoms with van der Waals surface area (Å²) in [7, 11) is 0. The van der Waals surface area contributed by atoms with Crippen molar-refractivity contribution in [2.45, 2.75) is 65.5 Å². The first kappa shape index (κ1) is 26.4. The van der Waals surface area contributed by atoms with Crippen LogP contribution in [0.25, 0.3) is 0 Å². The molecule has 1 unspecified atom stereocenters. The zero-order valence-corrected chi connectivity index (χ0v) is 21.3. The molecular weight excluding hydrogens is 489 g/mol. The summed E-state index contributed by atoms with van der Waals surface area (Å²) in [5.74, 6) is 1.80. The van der Waals surface area contributed by atoms with Crippen molar-refractivity contribution in [1.82, 2.24) is 20.2 Å². The number of aliphatic hydroxyl groups is 1. The highest BCUT2D eigenvalue weighted by Crippen LogP contribution is 2.24. The van der Waals surface area contributed by atoms with E-state index in [1.807, 2.05) is 38.4 Å². The maximum atomic E-state index is 10.5. The third-order valence-corrected chi connectivity index (χ3v) is 4.97. The van der Waals surface area contributed by atoms with Gasteiger partial charge in [-0.15, -0.1) is 24.0 Å². The first-order valence-corrected chi connectivity index (χ1v) is 10.6. The van der Waals surface area contributed by atoms with Crippen LogP contribution in [0.5, 0.6) is 0 Å². The lowest BCUT2D eigenvalue weighted by Crippen LogP contribution is -2.38. The number of benzene rings is 1. The number of hydrogen-bond acceptors (Lipinski definition) is 3. The van der Waals surface area contributed by atoms with Crippen molar-refractivity contribution in [3.8, 4) is 0 Å². The molecule has 0 aliphatic rings. The summed E-state index contributed by atoms with van der Waals surface area (Å²) in [6.45, 7) is 13.6. The minimum absolute atomic E-state index is 0. The molecule has 0 spiro atoms. The molecule has 3 N–H and O–H groups in total. The number of imidazole rings is 1. The van der Waals surface area contributed by atoms with Crippen LogP contribution in [-0.2, 0) is 12.0 Å². The molecule has 6 nitrogen and oxygen atoms in total. The average Bonchev–Trinajstić information content (AvgIpc) is 3.09. The topological polar surface area (TPSA) is 74.5 Å². The Hall–Kier alpha value is -1.61. The largest absolute Gasteiger partial charge is 0.386 e. The molecule has 0 aliphatic heterocycles. The number of unbranched alkanes of at least 4 members (excludes halogenated alkanes) is 1. The van der Waals surface area contributed by atoms with Crippen molar-refractivity contribution in [2.75, 3.05) is 19.6 Å². The van der Waals surface area contributed by atoms with Crippen LogP contribution in [0.4, 0.5) is 0 Å². The van der Waals surface area contributed by atoms with Crippen LogP contribution >= 0.6 is 24.0 Å². The van der Waals surface area contributed by atoms with Gasteiger partial charge in [0.1, 0.15) is 5.82 Å². The van der Waals surface area contributed by atoms with Gasteiger partial charge in [0.15, 0.2) is 5.96 Å². The molecule has 0 amide bonds. The Labute approximate surface area is 198 Å². The number of aliphatic imine (C=N–C) groups is 1. The van der Waals surface area contributed by atoms with E-state index in [1.54, 1.807) is 0 Å². The Kier molecular flexibility index (Phi) is 11.4. The van der Waals surface area contributed by atoms with Gasteiger partial charge in [-0.1, -0.05) is 45.0 Å². The molecule has 2 rings (SSSR count). The van der Waals surface area contributed by atoms with Crippen LogP contribution < -0.4 is 10.6 Å². The summed E-state index contributed by atoms with van der Waals surface area (Å²) >= 11 is 0. The molecule has 0 aliphatic carbocycles. The second-order valence-corrected chi connectivity index (χ2v) is 8.41. The number of aromatic nitrogens is 2. The van der Waals surface area contributed by atoms with Gasteiger partial charge in [-0.05, 0) is 43.2 Å². The minimum Gasteiger partial charge on any atom is -0.386 e. The fraction of sp³-hybridized carbons (Fsp3) is 0.565. The standard InChI is InChI=1S/C23H37N5O.HI/c1-6-24-22(26-13-7-8-15-28-16-14-25-18(28)2)27-17-21(29)19-9-11-20(12-10-19)23(3,4)5;/h9-12,14,16,21,29H,6-8,13,15,17H2,1-5H3,(H2,24,26,27);1H. The van der Waals surface area contributed by atoms with E-state index in [1.165, 1.54) is 5.56 Å². The van der Waals surface area contributed by atoms with Gasteiger partial charge in [-0.3, -0.25) is 4.99 Å². The Bertz CT molecular complexity index is 765. The lowest BCUT2D eigenvalue weighted by molar-refractivity contribution is 0.187. The Balaban J connectivity index is 0.00000450. The molecule has 30 heavy (non-hydrogen) atoms. The van der Waals surface area contributed by atoms with Crippen molar-refractivity contribution in [2.24, 2.45) is 4.99 Å². The van der Waals surface area contributed by atoms with Gasteiger partial charge in [0.2, 0.25) is 0 Å². The molecule has 2 aromatic rings. The first-order valence-electron chi connectivity index (χ1n) is 10.6. The van der Waals surface area contributed by atoms with Gasteiger partial charge in [-0.2, -0.15) is 0 Å². The lowest BCUT2D eigenvalue weighted by Gasteiger charge is -2.20. The number of nitrogens with one attached hydrogen (secondary N) is 2. The van der Waals surface area contributed by atoms with Gasteiger partial charge in [0, 0.05) is 32.0 Å². The number of rotatable bonds is 9. The zero-order chi connectivity index (χ0) is 21.3. The Morgan fingerprint density at radius 3 is 2.43 bits per heavy atom. The molecule has 0 saturated carbocycles. The summed E-state index contributed by atoms with van der Waals surface area (Å²) in [6.07, 6.45) is 5.36. The highest BCUT2D eigenvalue weighted by molar-refractivity contribution is 14.0. The van der Waals surface area contributed by atoms with Gasteiger partial charge < -0.3 is 20.3 Å². The quantitative estimate of drug-likeness (QED) is 0.198. The predicted molar refractivity (Wildman–Crippen MR) is 136 cm³/mol. The van der Waals surface area contributed by atoms with E-state index in [0.29, 0.717) is 6.54 Å². The van der Waals surface area contributed by atoms with Gasteiger partial charge in [-0.25, -0.2) is 4.98 Å². The van der Waals surface area contributed by atoms with E-state index in [-0.39, 0.29) is 29.4 Å². The predicted octanol–water partition coefficient (Wildman–Crippen LogP) is 4.18. The van der Waals surface area contributed by atoms with Gasteiger partial charge in [0.05, 0.1) is 12.6 Å². The zero-order valence-electron chi connectivity index (χ0n) is 19.0. The SMILES string of the molecule is CCNC(=NCC(O)c1ccc(C(C)(C)C)cc1)NCCCCn1ccnc1C.I. The summed E-state index contributed by atoms with van der Waals surface area (Å²) in [4.78, 5) is 8.80. The maximum Gasteiger partial charge on any atom is 0.191 e. The van der Waals surface area contributed by atoms with Crippen molar-refractivity contribution in [3.63, 3.8) is 0 Å². The van der Waals surface area contributed by atoms with Crippen LogP contribution in [0, 0.1) is 6.92 Å². The second-order valence-electron chi connectivity index (χ2n) is 8.41. The normalized spacial score (nSPS) is 12.9. The molecule has 7 heteroatoms. The van der Waals surface area contributed by atoms with E-state index in [0.717, 1.165) is 49.8 Å². The summed E-state index contributed by atoms with van der Waals surface area (Å²) in [5.41, 5.74) is 2.27. The molecule has 1 heterocycles. The van der Waals surface area contributed by atoms with Crippen LogP contribution in [0.1, 0.15) is 63.6 Å². The second kappa shape index (κ2) is 12.9. The van der Waals surface area contributed by atoms with Crippen LogP contribution in [0.2, 0.25) is 0 Å². The molecule has 0 fully saturated rings. The lowest BCUT2D eigenvalue weighted by atomic mass is 9.86. The van der Waals surface area contributed by atoms with Crippen LogP contribution in [0.15, 0.2) is 41.7 Å².